The fraction of sp³-hybridized carbons (Fsp3) is 0.700. The van der Waals surface area contributed by atoms with Crippen LogP contribution in [0.1, 0.15) is 6.42 Å². The summed E-state index contributed by atoms with van der Waals surface area (Å²) in [5.74, 6) is -1.99. The Balaban J connectivity index is 2.01. The lowest BCUT2D eigenvalue weighted by Crippen LogP contribution is -2.76. The molecule has 0 unspecified atom stereocenters. The SMILES string of the molecule is NC(=O)OC[C@@H]1N=C(N)N2CCC(O)(O)[C@]23NC(N)=N[C@H]13. The average Bonchev–Trinajstić information content (AvgIpc) is 2.85. The molecule has 1 fully saturated rings. The first-order chi connectivity index (χ1) is 9.78. The Kier molecular flexibility index (Phi) is 2.68. The van der Waals surface area contributed by atoms with Crippen LogP contribution in [-0.4, -0.2) is 69.8 Å². The van der Waals surface area contributed by atoms with Gasteiger partial charge < -0.3 is 42.4 Å². The van der Waals surface area contributed by atoms with Gasteiger partial charge in [-0.05, 0) is 0 Å². The van der Waals surface area contributed by atoms with Gasteiger partial charge in [0, 0.05) is 13.0 Å². The van der Waals surface area contributed by atoms with E-state index in [1.807, 2.05) is 0 Å². The number of hydrogen-bond acceptors (Lipinski definition) is 10. The van der Waals surface area contributed by atoms with Crippen molar-refractivity contribution in [2.24, 2.45) is 27.2 Å². The molecule has 0 aliphatic carbocycles. The van der Waals surface area contributed by atoms with Crippen LogP contribution >= 0.6 is 0 Å². The molecule has 1 saturated heterocycles. The van der Waals surface area contributed by atoms with Gasteiger partial charge in [0.1, 0.15) is 18.7 Å². The number of nitrogens with one attached hydrogen (secondary N) is 1. The van der Waals surface area contributed by atoms with Crippen molar-refractivity contribution in [3.8, 4) is 0 Å². The van der Waals surface area contributed by atoms with Crippen molar-refractivity contribution >= 4 is 18.0 Å². The summed E-state index contributed by atoms with van der Waals surface area (Å²) < 4.78 is 4.74. The third kappa shape index (κ3) is 1.70. The topological polar surface area (TPSA) is 185 Å². The lowest BCUT2D eigenvalue weighted by Gasteiger charge is -2.48. The second-order valence-corrected chi connectivity index (χ2v) is 5.25. The van der Waals surface area contributed by atoms with Gasteiger partial charge in [0.15, 0.2) is 17.6 Å². The zero-order valence-corrected chi connectivity index (χ0v) is 11.1. The largest absolute Gasteiger partial charge is 0.447 e. The van der Waals surface area contributed by atoms with E-state index in [0.29, 0.717) is 0 Å². The fourth-order valence-corrected chi connectivity index (χ4v) is 3.23. The number of hydrogen-bond donors (Lipinski definition) is 6. The van der Waals surface area contributed by atoms with E-state index in [1.165, 1.54) is 4.90 Å². The summed E-state index contributed by atoms with van der Waals surface area (Å²) in [6, 6.07) is -1.50. The number of aliphatic hydroxyl groups is 2. The molecule has 3 aliphatic rings. The molecule has 11 heteroatoms. The van der Waals surface area contributed by atoms with E-state index in [4.69, 9.17) is 21.9 Å². The zero-order valence-electron chi connectivity index (χ0n) is 11.1. The number of aliphatic imine (C=N–C) groups is 2. The van der Waals surface area contributed by atoms with Crippen molar-refractivity contribution < 1.29 is 19.7 Å². The molecular weight excluding hydrogens is 282 g/mol. The van der Waals surface area contributed by atoms with Crippen LogP contribution in [0.25, 0.3) is 0 Å². The van der Waals surface area contributed by atoms with Crippen molar-refractivity contribution in [1.29, 1.82) is 0 Å². The van der Waals surface area contributed by atoms with Crippen molar-refractivity contribution in [3.63, 3.8) is 0 Å². The summed E-state index contributed by atoms with van der Waals surface area (Å²) in [5, 5.41) is 23.5. The molecule has 0 radical (unpaired) electrons. The average molecular weight is 299 g/mol. The number of primary amides is 1. The van der Waals surface area contributed by atoms with Crippen LogP contribution in [0.2, 0.25) is 0 Å². The first-order valence-corrected chi connectivity index (χ1v) is 6.37. The molecule has 3 atom stereocenters. The molecule has 1 spiro atoms. The van der Waals surface area contributed by atoms with E-state index < -0.39 is 29.6 Å². The van der Waals surface area contributed by atoms with Crippen LogP contribution in [0.5, 0.6) is 0 Å². The smallest absolute Gasteiger partial charge is 0.404 e. The standard InChI is InChI=1S/C10H17N7O4/c11-6-15-5-4(3-21-8(13)18)14-7(12)17-2-1-9(19,20)10(5,17)16-6/h4-5,19-20H,1-3H2,(H2,12,14)(H2,13,18)(H3,11,15,16)/t4-,5+,10+/m0/s1. The van der Waals surface area contributed by atoms with E-state index in [9.17, 15) is 15.0 Å². The minimum absolute atomic E-state index is 0.0355. The van der Waals surface area contributed by atoms with Crippen LogP contribution in [0.4, 0.5) is 4.79 Å². The summed E-state index contributed by atoms with van der Waals surface area (Å²) in [7, 11) is 0. The highest BCUT2D eigenvalue weighted by molar-refractivity contribution is 5.87. The van der Waals surface area contributed by atoms with Gasteiger partial charge in [-0.15, -0.1) is 0 Å². The maximum atomic E-state index is 10.8. The van der Waals surface area contributed by atoms with E-state index in [0.717, 1.165) is 0 Å². The second kappa shape index (κ2) is 4.11. The number of guanidine groups is 2. The Labute approximate surface area is 119 Å². The number of ether oxygens (including phenoxy) is 1. The number of carbonyl (C=O) groups excluding carboxylic acids is 1. The Hall–Kier alpha value is -2.27. The molecule has 0 aromatic rings. The van der Waals surface area contributed by atoms with E-state index in [1.54, 1.807) is 0 Å². The van der Waals surface area contributed by atoms with Gasteiger partial charge in [-0.2, -0.15) is 0 Å². The number of nitrogens with zero attached hydrogens (tertiary/aromatic N) is 3. The lowest BCUT2D eigenvalue weighted by molar-refractivity contribution is -0.221. The molecule has 0 bridgehead atoms. The van der Waals surface area contributed by atoms with E-state index in [-0.39, 0.29) is 31.5 Å². The molecule has 0 aromatic heterocycles. The van der Waals surface area contributed by atoms with Crippen LogP contribution in [-0.2, 0) is 4.74 Å². The molecule has 3 aliphatic heterocycles. The van der Waals surface area contributed by atoms with Gasteiger partial charge in [-0.1, -0.05) is 0 Å². The Morgan fingerprint density at radius 1 is 1.48 bits per heavy atom. The normalized spacial score (nSPS) is 36.2. The van der Waals surface area contributed by atoms with Gasteiger partial charge in [0.2, 0.25) is 5.79 Å². The quantitative estimate of drug-likeness (QED) is 0.280. The third-order valence-corrected chi connectivity index (χ3v) is 4.08. The molecule has 0 saturated carbocycles. The number of carbonyl (C=O) groups is 1. The lowest BCUT2D eigenvalue weighted by atomic mass is 9.87. The summed E-state index contributed by atoms with van der Waals surface area (Å²) in [6.07, 6.45) is -0.923. The van der Waals surface area contributed by atoms with Gasteiger partial charge in [0.25, 0.3) is 0 Å². The molecule has 0 aromatic carbocycles. The van der Waals surface area contributed by atoms with Gasteiger partial charge in [-0.25, -0.2) is 14.8 Å². The van der Waals surface area contributed by atoms with Crippen molar-refractivity contribution in [3.05, 3.63) is 0 Å². The molecule has 1 amide bonds. The van der Waals surface area contributed by atoms with Gasteiger partial charge >= 0.3 is 6.09 Å². The molecule has 3 heterocycles. The predicted molar refractivity (Wildman–Crippen MR) is 70.7 cm³/mol. The van der Waals surface area contributed by atoms with Gasteiger partial charge in [-0.3, -0.25) is 0 Å². The first-order valence-electron chi connectivity index (χ1n) is 6.37. The van der Waals surface area contributed by atoms with Crippen LogP contribution < -0.4 is 22.5 Å². The highest BCUT2D eigenvalue weighted by Gasteiger charge is 2.69. The Morgan fingerprint density at radius 2 is 2.19 bits per heavy atom. The second-order valence-electron chi connectivity index (χ2n) is 5.25. The maximum Gasteiger partial charge on any atom is 0.404 e. The van der Waals surface area contributed by atoms with E-state index in [2.05, 4.69) is 15.3 Å². The third-order valence-electron chi connectivity index (χ3n) is 4.08. The number of amides is 1. The minimum atomic E-state index is -2.12. The van der Waals surface area contributed by atoms with Crippen molar-refractivity contribution in [2.75, 3.05) is 13.2 Å². The number of rotatable bonds is 2. The monoisotopic (exact) mass is 299 g/mol. The Morgan fingerprint density at radius 3 is 2.86 bits per heavy atom. The molecule has 116 valence electrons. The summed E-state index contributed by atoms with van der Waals surface area (Å²) in [4.78, 5) is 20.6. The van der Waals surface area contributed by atoms with Crippen LogP contribution in [0.15, 0.2) is 9.98 Å². The molecule has 9 N–H and O–H groups in total. The first kappa shape index (κ1) is 13.7. The summed E-state index contributed by atoms with van der Waals surface area (Å²) in [6.45, 7) is 0.0862. The van der Waals surface area contributed by atoms with E-state index >= 15 is 0 Å². The molecule has 3 rings (SSSR count). The molecule has 21 heavy (non-hydrogen) atoms. The van der Waals surface area contributed by atoms with Crippen LogP contribution in [0.3, 0.4) is 0 Å². The van der Waals surface area contributed by atoms with Crippen molar-refractivity contribution in [2.45, 2.75) is 30.0 Å². The fourth-order valence-electron chi connectivity index (χ4n) is 3.23. The summed E-state index contributed by atoms with van der Waals surface area (Å²) in [5.41, 5.74) is 15.1. The van der Waals surface area contributed by atoms with Crippen LogP contribution in [0, 0.1) is 0 Å². The highest BCUT2D eigenvalue weighted by atomic mass is 16.5. The zero-order chi connectivity index (χ0) is 15.4. The van der Waals surface area contributed by atoms with Gasteiger partial charge in [0.05, 0.1) is 0 Å². The molecule has 11 nitrogen and oxygen atoms in total. The minimum Gasteiger partial charge on any atom is -0.447 e. The molecular formula is C10H17N7O4. The maximum absolute atomic E-state index is 10.8. The van der Waals surface area contributed by atoms with Crippen molar-refractivity contribution in [1.82, 2.24) is 10.2 Å². The predicted octanol–water partition coefficient (Wildman–Crippen LogP) is -3.85. The summed E-state index contributed by atoms with van der Waals surface area (Å²) >= 11 is 0. The highest BCUT2D eigenvalue weighted by Crippen LogP contribution is 2.44. The number of nitrogens with two attached hydrogens (primary N) is 3. The Bertz CT molecular complexity index is 548.